The van der Waals surface area contributed by atoms with Gasteiger partial charge in [0.25, 0.3) is 0 Å². The quantitative estimate of drug-likeness (QED) is 0.797. The number of nitrogens with zero attached hydrogens (tertiary/aromatic N) is 1. The Morgan fingerprint density at radius 1 is 1.45 bits per heavy atom. The number of nitrogens with one attached hydrogen (secondary N) is 1. The van der Waals surface area contributed by atoms with E-state index in [2.05, 4.69) is 58.2 Å². The molecule has 1 aliphatic carbocycles. The Balaban J connectivity index is 2.18. The Morgan fingerprint density at radius 2 is 2.20 bits per heavy atom. The molecule has 3 nitrogen and oxygen atoms in total. The minimum atomic E-state index is 0.207. The molecule has 0 bridgehead atoms. The van der Waals surface area contributed by atoms with Crippen molar-refractivity contribution in [3.63, 3.8) is 0 Å². The maximum atomic E-state index is 9.30. The highest BCUT2D eigenvalue weighted by Gasteiger charge is 2.26. The summed E-state index contributed by atoms with van der Waals surface area (Å²) in [5.41, 5.74) is 2.50. The van der Waals surface area contributed by atoms with Gasteiger partial charge in [-0.05, 0) is 66.4 Å². The van der Waals surface area contributed by atoms with Crippen LogP contribution in [0.4, 0.5) is 5.69 Å². The number of hydrogen-bond acceptors (Lipinski definition) is 3. The first-order chi connectivity index (χ1) is 9.67. The predicted molar refractivity (Wildman–Crippen MR) is 88.3 cm³/mol. The molecule has 2 rings (SSSR count). The fourth-order valence-electron chi connectivity index (χ4n) is 2.76. The Hall–Kier alpha value is -0.580. The van der Waals surface area contributed by atoms with Crippen LogP contribution in [0.3, 0.4) is 0 Å². The van der Waals surface area contributed by atoms with Crippen molar-refractivity contribution in [3.05, 3.63) is 28.2 Å². The lowest BCUT2D eigenvalue weighted by Crippen LogP contribution is -2.42. The summed E-state index contributed by atoms with van der Waals surface area (Å²) in [6.07, 6.45) is 3.78. The standard InChI is InChI=1S/C16H25BrN2O/c1-3-18-12(2)13-7-8-16(15(17)11-13)19(9-10-20)14-5-4-6-14/h7-8,11-12,14,18,20H,3-6,9-10H2,1-2H3. The van der Waals surface area contributed by atoms with E-state index in [-0.39, 0.29) is 6.61 Å². The summed E-state index contributed by atoms with van der Waals surface area (Å²) in [5.74, 6) is 0. The van der Waals surface area contributed by atoms with Gasteiger partial charge in [-0.15, -0.1) is 0 Å². The van der Waals surface area contributed by atoms with Gasteiger partial charge < -0.3 is 15.3 Å². The molecule has 1 atom stereocenters. The lowest BCUT2D eigenvalue weighted by molar-refractivity contribution is 0.283. The van der Waals surface area contributed by atoms with Crippen LogP contribution < -0.4 is 10.2 Å². The van der Waals surface area contributed by atoms with E-state index in [1.54, 1.807) is 0 Å². The van der Waals surface area contributed by atoms with Crippen LogP contribution >= 0.6 is 15.9 Å². The molecule has 1 fully saturated rings. The second kappa shape index (κ2) is 7.43. The molecular weight excluding hydrogens is 316 g/mol. The first-order valence-corrected chi connectivity index (χ1v) is 8.37. The van der Waals surface area contributed by atoms with Gasteiger partial charge in [-0.2, -0.15) is 0 Å². The fraction of sp³-hybridized carbons (Fsp3) is 0.625. The molecule has 0 heterocycles. The summed E-state index contributed by atoms with van der Waals surface area (Å²) in [7, 11) is 0. The highest BCUT2D eigenvalue weighted by Crippen LogP contribution is 2.35. The van der Waals surface area contributed by atoms with Crippen molar-refractivity contribution in [2.75, 3.05) is 24.6 Å². The molecule has 4 heteroatoms. The van der Waals surface area contributed by atoms with Crippen LogP contribution in [0.25, 0.3) is 0 Å². The molecule has 1 unspecified atom stereocenters. The van der Waals surface area contributed by atoms with Gasteiger partial charge in [-0.25, -0.2) is 0 Å². The first kappa shape index (κ1) is 15.8. The monoisotopic (exact) mass is 340 g/mol. The number of aliphatic hydroxyl groups is 1. The summed E-state index contributed by atoms with van der Waals surface area (Å²) in [4.78, 5) is 2.34. The number of hydrogen-bond donors (Lipinski definition) is 2. The van der Waals surface area contributed by atoms with E-state index in [0.29, 0.717) is 18.6 Å². The average molecular weight is 341 g/mol. The number of aliphatic hydroxyl groups excluding tert-OH is 1. The minimum Gasteiger partial charge on any atom is -0.395 e. The summed E-state index contributed by atoms with van der Waals surface area (Å²) in [6, 6.07) is 7.53. The predicted octanol–water partition coefficient (Wildman–Crippen LogP) is 3.47. The lowest BCUT2D eigenvalue weighted by Gasteiger charge is -2.39. The van der Waals surface area contributed by atoms with Gasteiger partial charge >= 0.3 is 0 Å². The molecule has 1 aromatic carbocycles. The molecule has 1 saturated carbocycles. The van der Waals surface area contributed by atoms with Gasteiger partial charge in [0.1, 0.15) is 0 Å². The van der Waals surface area contributed by atoms with E-state index >= 15 is 0 Å². The van der Waals surface area contributed by atoms with Crippen LogP contribution in [0, 0.1) is 0 Å². The largest absolute Gasteiger partial charge is 0.395 e. The third-order valence-electron chi connectivity index (χ3n) is 4.15. The second-order valence-electron chi connectivity index (χ2n) is 5.49. The number of benzene rings is 1. The van der Waals surface area contributed by atoms with Crippen LogP contribution in [-0.2, 0) is 0 Å². The van der Waals surface area contributed by atoms with E-state index in [4.69, 9.17) is 0 Å². The van der Waals surface area contributed by atoms with E-state index in [1.807, 2.05) is 0 Å². The van der Waals surface area contributed by atoms with Gasteiger partial charge in [-0.1, -0.05) is 13.0 Å². The Kier molecular flexibility index (Phi) is 5.87. The summed E-state index contributed by atoms with van der Waals surface area (Å²) < 4.78 is 1.13. The molecular formula is C16H25BrN2O. The zero-order chi connectivity index (χ0) is 14.5. The smallest absolute Gasteiger partial charge is 0.0606 e. The topological polar surface area (TPSA) is 35.5 Å². The molecule has 112 valence electrons. The van der Waals surface area contributed by atoms with Crippen molar-refractivity contribution in [1.29, 1.82) is 0 Å². The molecule has 20 heavy (non-hydrogen) atoms. The molecule has 0 amide bonds. The van der Waals surface area contributed by atoms with Crippen LogP contribution in [0.1, 0.15) is 44.7 Å². The van der Waals surface area contributed by atoms with Crippen LogP contribution in [0.2, 0.25) is 0 Å². The SMILES string of the molecule is CCNC(C)c1ccc(N(CCO)C2CCC2)c(Br)c1. The Bertz CT molecular complexity index is 434. The molecule has 1 aromatic rings. The second-order valence-corrected chi connectivity index (χ2v) is 6.35. The molecule has 2 N–H and O–H groups in total. The zero-order valence-electron chi connectivity index (χ0n) is 12.4. The minimum absolute atomic E-state index is 0.207. The third-order valence-corrected chi connectivity index (χ3v) is 4.78. The third kappa shape index (κ3) is 3.54. The number of anilines is 1. The van der Waals surface area contributed by atoms with Gasteiger partial charge in [0.15, 0.2) is 0 Å². The molecule has 0 aromatic heterocycles. The first-order valence-electron chi connectivity index (χ1n) is 7.57. The Morgan fingerprint density at radius 3 is 2.70 bits per heavy atom. The fourth-order valence-corrected chi connectivity index (χ4v) is 3.38. The maximum Gasteiger partial charge on any atom is 0.0606 e. The maximum absolute atomic E-state index is 9.30. The average Bonchev–Trinajstić information content (AvgIpc) is 2.36. The van der Waals surface area contributed by atoms with Crippen molar-refractivity contribution >= 4 is 21.6 Å². The summed E-state index contributed by atoms with van der Waals surface area (Å²) in [6.45, 7) is 6.20. The van der Waals surface area contributed by atoms with Crippen LogP contribution in [0.5, 0.6) is 0 Å². The van der Waals surface area contributed by atoms with Gasteiger partial charge in [0.05, 0.1) is 12.3 Å². The molecule has 0 spiro atoms. The molecule has 1 aliphatic rings. The summed E-state index contributed by atoms with van der Waals surface area (Å²) >= 11 is 3.71. The van der Waals surface area contributed by atoms with E-state index in [9.17, 15) is 5.11 Å². The lowest BCUT2D eigenvalue weighted by atomic mass is 9.91. The zero-order valence-corrected chi connectivity index (χ0v) is 14.0. The van der Waals surface area contributed by atoms with Crippen molar-refractivity contribution < 1.29 is 5.11 Å². The summed E-state index contributed by atoms with van der Waals surface area (Å²) in [5, 5.41) is 12.7. The molecule has 0 radical (unpaired) electrons. The van der Waals surface area contributed by atoms with E-state index in [0.717, 1.165) is 11.0 Å². The van der Waals surface area contributed by atoms with Crippen molar-refractivity contribution in [3.8, 4) is 0 Å². The number of halogens is 1. The Labute approximate surface area is 130 Å². The highest BCUT2D eigenvalue weighted by atomic mass is 79.9. The van der Waals surface area contributed by atoms with E-state index < -0.39 is 0 Å². The van der Waals surface area contributed by atoms with Gasteiger partial charge in [0, 0.05) is 23.1 Å². The molecule has 0 saturated heterocycles. The van der Waals surface area contributed by atoms with Crippen molar-refractivity contribution in [2.24, 2.45) is 0 Å². The van der Waals surface area contributed by atoms with Gasteiger partial charge in [0.2, 0.25) is 0 Å². The van der Waals surface area contributed by atoms with Crippen LogP contribution in [-0.4, -0.2) is 30.8 Å². The number of rotatable bonds is 7. The van der Waals surface area contributed by atoms with Gasteiger partial charge in [-0.3, -0.25) is 0 Å². The van der Waals surface area contributed by atoms with Crippen molar-refractivity contribution in [1.82, 2.24) is 5.32 Å². The molecule has 0 aliphatic heterocycles. The van der Waals surface area contributed by atoms with Crippen molar-refractivity contribution in [2.45, 2.75) is 45.2 Å². The van der Waals surface area contributed by atoms with Crippen LogP contribution in [0.15, 0.2) is 22.7 Å². The van der Waals surface area contributed by atoms with E-state index in [1.165, 1.54) is 30.5 Å². The highest BCUT2D eigenvalue weighted by molar-refractivity contribution is 9.10. The normalized spacial score (nSPS) is 16.8.